The van der Waals surface area contributed by atoms with E-state index in [9.17, 15) is 9.59 Å². The van der Waals surface area contributed by atoms with E-state index in [2.05, 4.69) is 15.9 Å². The van der Waals surface area contributed by atoms with Crippen molar-refractivity contribution < 1.29 is 14.3 Å². The van der Waals surface area contributed by atoms with Crippen molar-refractivity contribution in [1.29, 1.82) is 0 Å². The molecule has 4 aliphatic rings. The van der Waals surface area contributed by atoms with Crippen LogP contribution >= 0.6 is 11.6 Å². The molecule has 7 heteroatoms. The third kappa shape index (κ3) is 3.98. The number of likely N-dealkylation sites (tertiary alicyclic amines) is 1. The molecule has 6 nitrogen and oxygen atoms in total. The number of piperazine rings is 1. The molecule has 2 amide bonds. The molecule has 2 aliphatic carbocycles. The fourth-order valence-corrected chi connectivity index (χ4v) is 6.59. The third-order valence-electron chi connectivity index (χ3n) is 7.81. The Morgan fingerprint density at radius 3 is 2.32 bits per heavy atom. The topological polar surface area (TPSA) is 53.1 Å². The van der Waals surface area contributed by atoms with Gasteiger partial charge in [0, 0.05) is 50.0 Å². The Bertz CT molecular complexity index is 813. The van der Waals surface area contributed by atoms with Crippen LogP contribution in [-0.2, 0) is 14.3 Å². The number of amides is 2. The highest BCUT2D eigenvalue weighted by atomic mass is 35.5. The molecule has 0 aromatic heterocycles. The van der Waals surface area contributed by atoms with Crippen LogP contribution in [-0.4, -0.2) is 73.6 Å². The fourth-order valence-electron chi connectivity index (χ4n) is 6.40. The highest BCUT2D eigenvalue weighted by Crippen LogP contribution is 2.56. The minimum absolute atomic E-state index is 0.0465. The largest absolute Gasteiger partial charge is 0.375 e. The summed E-state index contributed by atoms with van der Waals surface area (Å²) in [6, 6.07) is 7.99. The average molecular weight is 446 g/mol. The number of hydrogen-bond donors (Lipinski definition) is 0. The Hall–Kier alpha value is -1.63. The number of halogens is 1. The summed E-state index contributed by atoms with van der Waals surface area (Å²) < 4.78 is 6.00. The summed E-state index contributed by atoms with van der Waals surface area (Å²) in [5, 5.41) is 0.759. The molecule has 3 unspecified atom stereocenters. The van der Waals surface area contributed by atoms with Gasteiger partial charge in [0.15, 0.2) is 0 Å². The van der Waals surface area contributed by atoms with E-state index in [0.717, 1.165) is 62.7 Å². The molecule has 5 atom stereocenters. The van der Waals surface area contributed by atoms with Crippen molar-refractivity contribution >= 4 is 29.1 Å². The van der Waals surface area contributed by atoms with Gasteiger partial charge < -0.3 is 9.64 Å². The maximum absolute atomic E-state index is 13.1. The van der Waals surface area contributed by atoms with Gasteiger partial charge in [-0.3, -0.25) is 19.4 Å². The number of benzene rings is 1. The molecule has 2 bridgehead atoms. The zero-order chi connectivity index (χ0) is 21.5. The first-order valence-electron chi connectivity index (χ1n) is 11.7. The molecular formula is C24H32ClN3O3. The second-order valence-electron chi connectivity index (χ2n) is 9.52. The van der Waals surface area contributed by atoms with Gasteiger partial charge in [-0.05, 0) is 56.2 Å². The first kappa shape index (κ1) is 21.2. The number of rotatable bonds is 7. The summed E-state index contributed by atoms with van der Waals surface area (Å²) in [5.41, 5.74) is 1.16. The fraction of sp³-hybridized carbons (Fsp3) is 0.667. The quantitative estimate of drug-likeness (QED) is 0.604. The zero-order valence-corrected chi connectivity index (χ0v) is 19.0. The van der Waals surface area contributed by atoms with Crippen LogP contribution in [0.2, 0.25) is 5.02 Å². The molecule has 2 aliphatic heterocycles. The van der Waals surface area contributed by atoms with Crippen LogP contribution in [0.25, 0.3) is 0 Å². The molecule has 1 aromatic carbocycles. The van der Waals surface area contributed by atoms with E-state index in [1.54, 1.807) is 4.90 Å². The van der Waals surface area contributed by atoms with Crippen LogP contribution in [0.15, 0.2) is 24.3 Å². The molecule has 2 saturated heterocycles. The molecule has 0 N–H and O–H groups in total. The Morgan fingerprint density at radius 1 is 1.03 bits per heavy atom. The molecule has 5 rings (SSSR count). The van der Waals surface area contributed by atoms with E-state index < -0.39 is 0 Å². The summed E-state index contributed by atoms with van der Waals surface area (Å²) in [4.78, 5) is 32.4. The Morgan fingerprint density at radius 2 is 1.71 bits per heavy atom. The lowest BCUT2D eigenvalue weighted by molar-refractivity contribution is -0.143. The lowest BCUT2D eigenvalue weighted by atomic mass is 9.81. The van der Waals surface area contributed by atoms with Crippen LogP contribution in [0.5, 0.6) is 0 Å². The van der Waals surface area contributed by atoms with E-state index in [1.807, 2.05) is 25.1 Å². The maximum atomic E-state index is 13.1. The van der Waals surface area contributed by atoms with Crippen molar-refractivity contribution in [2.45, 2.75) is 32.3 Å². The Labute approximate surface area is 189 Å². The second kappa shape index (κ2) is 8.72. The van der Waals surface area contributed by atoms with Crippen molar-refractivity contribution in [2.24, 2.45) is 23.7 Å². The molecule has 2 heterocycles. The normalized spacial score (nSPS) is 31.5. The number of anilines is 1. The molecule has 168 valence electrons. The van der Waals surface area contributed by atoms with Gasteiger partial charge in [0.25, 0.3) is 0 Å². The predicted molar refractivity (Wildman–Crippen MR) is 120 cm³/mol. The predicted octanol–water partition coefficient (Wildman–Crippen LogP) is 2.90. The number of hydrogen-bond acceptors (Lipinski definition) is 5. The highest BCUT2D eigenvalue weighted by Gasteiger charge is 2.60. The van der Waals surface area contributed by atoms with Gasteiger partial charge >= 0.3 is 0 Å². The van der Waals surface area contributed by atoms with Gasteiger partial charge in [0.05, 0.1) is 24.5 Å². The Kier molecular flexibility index (Phi) is 5.97. The van der Waals surface area contributed by atoms with Crippen molar-refractivity contribution in [1.82, 2.24) is 9.80 Å². The first-order valence-corrected chi connectivity index (χ1v) is 12.1. The van der Waals surface area contributed by atoms with Crippen LogP contribution in [0.4, 0.5) is 5.69 Å². The van der Waals surface area contributed by atoms with Gasteiger partial charge in [-0.2, -0.15) is 0 Å². The second-order valence-corrected chi connectivity index (χ2v) is 9.95. The number of imide groups is 1. The van der Waals surface area contributed by atoms with Crippen LogP contribution in [0, 0.1) is 23.7 Å². The molecule has 4 fully saturated rings. The number of fused-ring (bicyclic) bond motifs is 5. The van der Waals surface area contributed by atoms with Gasteiger partial charge in [0.1, 0.15) is 0 Å². The highest BCUT2D eigenvalue weighted by molar-refractivity contribution is 6.30. The molecule has 0 spiro atoms. The summed E-state index contributed by atoms with van der Waals surface area (Å²) in [6.45, 7) is 7.40. The molecule has 2 saturated carbocycles. The van der Waals surface area contributed by atoms with E-state index in [4.69, 9.17) is 16.3 Å². The molecular weight excluding hydrogens is 414 g/mol. The molecule has 0 radical (unpaired) electrons. The minimum Gasteiger partial charge on any atom is -0.375 e. The van der Waals surface area contributed by atoms with Gasteiger partial charge in [-0.25, -0.2) is 0 Å². The SMILES string of the molecule is CCOC(CN1CCN(c2cccc(Cl)c2)CC1)CN1C(=O)C2C3CC[C@@H](C3)[C@@H]2C1=O. The summed E-state index contributed by atoms with van der Waals surface area (Å²) >= 11 is 6.14. The minimum atomic E-state index is -0.132. The number of ether oxygens (including phenoxy) is 1. The van der Waals surface area contributed by atoms with Crippen molar-refractivity contribution in [3.63, 3.8) is 0 Å². The van der Waals surface area contributed by atoms with Crippen LogP contribution < -0.4 is 4.90 Å². The summed E-state index contributed by atoms with van der Waals surface area (Å²) in [5.74, 6) is 0.906. The summed E-state index contributed by atoms with van der Waals surface area (Å²) in [6.07, 6.45) is 3.17. The summed E-state index contributed by atoms with van der Waals surface area (Å²) in [7, 11) is 0. The number of carbonyl (C=O) groups excluding carboxylic acids is 2. The van der Waals surface area contributed by atoms with Gasteiger partial charge in [0.2, 0.25) is 11.8 Å². The standard InChI is InChI=1S/C24H32ClN3O3/c1-2-31-20(14-26-8-10-27(11-9-26)19-5-3-4-18(25)13-19)15-28-23(29)21-16-6-7-17(12-16)22(21)24(28)30/h3-5,13,16-17,20-22H,2,6-12,14-15H2,1H3/t16-,17?,20?,21-,22?/m0/s1. The van der Waals surface area contributed by atoms with Crippen molar-refractivity contribution in [3.8, 4) is 0 Å². The average Bonchev–Trinajstić information content (AvgIpc) is 3.45. The lowest BCUT2D eigenvalue weighted by Crippen LogP contribution is -2.51. The lowest BCUT2D eigenvalue weighted by Gasteiger charge is -2.38. The van der Waals surface area contributed by atoms with Crippen molar-refractivity contribution in [3.05, 3.63) is 29.3 Å². The molecule has 1 aromatic rings. The maximum Gasteiger partial charge on any atom is 0.233 e. The zero-order valence-electron chi connectivity index (χ0n) is 18.2. The first-order chi connectivity index (χ1) is 15.0. The van der Waals surface area contributed by atoms with E-state index in [0.29, 0.717) is 25.0 Å². The Balaban J connectivity index is 1.18. The third-order valence-corrected chi connectivity index (χ3v) is 8.05. The number of nitrogens with zero attached hydrogens (tertiary/aromatic N) is 3. The van der Waals surface area contributed by atoms with Crippen LogP contribution in [0.3, 0.4) is 0 Å². The monoisotopic (exact) mass is 445 g/mol. The van der Waals surface area contributed by atoms with E-state index >= 15 is 0 Å². The van der Waals surface area contributed by atoms with E-state index in [1.165, 1.54) is 0 Å². The smallest absolute Gasteiger partial charge is 0.233 e. The number of carbonyl (C=O) groups is 2. The van der Waals surface area contributed by atoms with Crippen LogP contribution in [0.1, 0.15) is 26.2 Å². The van der Waals surface area contributed by atoms with E-state index in [-0.39, 0.29) is 29.8 Å². The van der Waals surface area contributed by atoms with Gasteiger partial charge in [-0.15, -0.1) is 0 Å². The molecule has 31 heavy (non-hydrogen) atoms. The van der Waals surface area contributed by atoms with Gasteiger partial charge in [-0.1, -0.05) is 17.7 Å². The van der Waals surface area contributed by atoms with Crippen molar-refractivity contribution in [2.75, 3.05) is 50.8 Å².